The van der Waals surface area contributed by atoms with E-state index in [1.54, 1.807) is 11.6 Å². The maximum atomic E-state index is 13.3. The Morgan fingerprint density at radius 2 is 1.69 bits per heavy atom. The summed E-state index contributed by atoms with van der Waals surface area (Å²) in [4.78, 5) is 31.4. The van der Waals surface area contributed by atoms with Crippen molar-refractivity contribution in [1.82, 2.24) is 14.8 Å². The van der Waals surface area contributed by atoms with Crippen molar-refractivity contribution in [3.05, 3.63) is 81.6 Å². The van der Waals surface area contributed by atoms with Crippen molar-refractivity contribution in [2.75, 3.05) is 4.90 Å². The van der Waals surface area contributed by atoms with Crippen LogP contribution >= 0.6 is 15.9 Å². The Bertz CT molecular complexity index is 1430. The van der Waals surface area contributed by atoms with E-state index in [0.717, 1.165) is 27.6 Å². The second-order valence-corrected chi connectivity index (χ2v) is 8.13. The van der Waals surface area contributed by atoms with Gasteiger partial charge in [-0.1, -0.05) is 22.0 Å². The van der Waals surface area contributed by atoms with Crippen LogP contribution in [0.25, 0.3) is 16.7 Å². The first kappa shape index (κ1) is 20.4. The maximum absolute atomic E-state index is 13.3. The summed E-state index contributed by atoms with van der Waals surface area (Å²) in [5.41, 5.74) is 0.544. The first-order chi connectivity index (χ1) is 15.2. The second-order valence-electron chi connectivity index (χ2n) is 7.21. The van der Waals surface area contributed by atoms with Gasteiger partial charge in [-0.15, -0.1) is 0 Å². The summed E-state index contributed by atoms with van der Waals surface area (Å²) in [6.45, 7) is 1.68. The highest BCUT2D eigenvalue weighted by Crippen LogP contribution is 2.37. The lowest BCUT2D eigenvalue weighted by Crippen LogP contribution is -2.29. The van der Waals surface area contributed by atoms with Gasteiger partial charge in [0.25, 0.3) is 11.8 Å². The number of carbonyl (C=O) groups is 2. The van der Waals surface area contributed by atoms with Crippen LogP contribution in [0.4, 0.5) is 18.9 Å². The molecule has 0 bridgehead atoms. The number of halogens is 4. The number of imide groups is 1. The van der Waals surface area contributed by atoms with Crippen molar-refractivity contribution in [1.29, 1.82) is 0 Å². The van der Waals surface area contributed by atoms with Gasteiger partial charge in [0.15, 0.2) is 5.65 Å². The van der Waals surface area contributed by atoms with Crippen LogP contribution in [0.2, 0.25) is 0 Å². The SMILES string of the molecule is Cc1nn(-c2ccc(Br)cc2)c2ncc3c(c12)C(=O)N(c1cccc(C(F)(F)F)c1)C3=O. The molecule has 1 aliphatic heterocycles. The zero-order valence-corrected chi connectivity index (χ0v) is 17.9. The maximum Gasteiger partial charge on any atom is 0.416 e. The summed E-state index contributed by atoms with van der Waals surface area (Å²) in [6.07, 6.45) is -3.34. The van der Waals surface area contributed by atoms with Crippen LogP contribution in [0.5, 0.6) is 0 Å². The van der Waals surface area contributed by atoms with Crippen molar-refractivity contribution >= 4 is 44.5 Å². The molecule has 0 atom stereocenters. The van der Waals surface area contributed by atoms with E-state index in [0.29, 0.717) is 22.4 Å². The van der Waals surface area contributed by atoms with E-state index in [1.165, 1.54) is 12.3 Å². The number of hydrogen-bond acceptors (Lipinski definition) is 4. The fourth-order valence-electron chi connectivity index (χ4n) is 3.78. The number of pyridine rings is 1. The van der Waals surface area contributed by atoms with Crippen molar-refractivity contribution < 1.29 is 22.8 Å². The van der Waals surface area contributed by atoms with Gasteiger partial charge in [-0.05, 0) is 49.4 Å². The van der Waals surface area contributed by atoms with Crippen molar-refractivity contribution in [3.63, 3.8) is 0 Å². The number of carbonyl (C=O) groups excluding carboxylic acids is 2. The zero-order valence-electron chi connectivity index (χ0n) is 16.3. The Labute approximate surface area is 187 Å². The van der Waals surface area contributed by atoms with Gasteiger partial charge in [-0.3, -0.25) is 9.59 Å². The molecule has 4 aromatic rings. The topological polar surface area (TPSA) is 68.1 Å². The number of amides is 2. The Hall–Kier alpha value is -3.53. The fraction of sp³-hybridized carbons (Fsp3) is 0.0909. The molecule has 0 saturated carbocycles. The number of rotatable bonds is 2. The Balaban J connectivity index is 1.67. The molecule has 3 heterocycles. The molecule has 1 aliphatic rings. The number of aryl methyl sites for hydroxylation is 1. The van der Waals surface area contributed by atoms with Crippen LogP contribution in [0.3, 0.4) is 0 Å². The van der Waals surface area contributed by atoms with Gasteiger partial charge < -0.3 is 0 Å². The minimum atomic E-state index is -4.61. The quantitative estimate of drug-likeness (QED) is 0.349. The number of benzene rings is 2. The predicted molar refractivity (Wildman–Crippen MR) is 114 cm³/mol. The molecule has 10 heteroatoms. The van der Waals surface area contributed by atoms with Gasteiger partial charge in [0.05, 0.1) is 39.1 Å². The van der Waals surface area contributed by atoms with Gasteiger partial charge in [0.2, 0.25) is 0 Å². The van der Waals surface area contributed by atoms with Gasteiger partial charge in [-0.25, -0.2) is 14.6 Å². The molecule has 2 aromatic carbocycles. The van der Waals surface area contributed by atoms with E-state index in [4.69, 9.17) is 0 Å². The molecule has 32 heavy (non-hydrogen) atoms. The minimum absolute atomic E-state index is 0.0263. The lowest BCUT2D eigenvalue weighted by Gasteiger charge is -2.16. The highest BCUT2D eigenvalue weighted by atomic mass is 79.9. The van der Waals surface area contributed by atoms with Gasteiger partial charge in [0.1, 0.15) is 0 Å². The largest absolute Gasteiger partial charge is 0.416 e. The molecule has 2 aromatic heterocycles. The first-order valence-corrected chi connectivity index (χ1v) is 10.2. The monoisotopic (exact) mass is 500 g/mol. The van der Waals surface area contributed by atoms with Crippen LogP contribution in [-0.2, 0) is 6.18 Å². The Morgan fingerprint density at radius 1 is 0.969 bits per heavy atom. The number of hydrogen-bond donors (Lipinski definition) is 0. The predicted octanol–water partition coefficient (Wildman–Crippen LogP) is 5.31. The summed E-state index contributed by atoms with van der Waals surface area (Å²) >= 11 is 3.37. The van der Waals surface area contributed by atoms with Crippen molar-refractivity contribution in [3.8, 4) is 5.69 Å². The molecule has 0 aliphatic carbocycles. The molecule has 0 unspecified atom stereocenters. The number of anilines is 1. The van der Waals surface area contributed by atoms with Gasteiger partial charge in [0, 0.05) is 10.7 Å². The third kappa shape index (κ3) is 3.01. The molecule has 0 spiro atoms. The summed E-state index contributed by atoms with van der Waals surface area (Å²) in [6, 6.07) is 11.4. The van der Waals surface area contributed by atoms with E-state index in [9.17, 15) is 22.8 Å². The Morgan fingerprint density at radius 3 is 2.38 bits per heavy atom. The van der Waals surface area contributed by atoms with Crippen LogP contribution in [0.1, 0.15) is 32.0 Å². The molecule has 0 saturated heterocycles. The molecule has 0 fully saturated rings. The normalized spacial score (nSPS) is 13.8. The summed E-state index contributed by atoms with van der Waals surface area (Å²) in [5, 5.41) is 4.87. The average molecular weight is 501 g/mol. The average Bonchev–Trinajstić information content (AvgIpc) is 3.22. The number of fused-ring (bicyclic) bond motifs is 3. The molecule has 5 rings (SSSR count). The highest BCUT2D eigenvalue weighted by Gasteiger charge is 2.41. The fourth-order valence-corrected chi connectivity index (χ4v) is 4.04. The van der Waals surface area contributed by atoms with E-state index < -0.39 is 23.6 Å². The summed E-state index contributed by atoms with van der Waals surface area (Å²) in [5.74, 6) is -1.44. The summed E-state index contributed by atoms with van der Waals surface area (Å²) < 4.78 is 41.9. The van der Waals surface area contributed by atoms with E-state index in [-0.39, 0.29) is 16.8 Å². The number of alkyl halides is 3. The lowest BCUT2D eigenvalue weighted by atomic mass is 10.1. The van der Waals surface area contributed by atoms with E-state index >= 15 is 0 Å². The molecule has 6 nitrogen and oxygen atoms in total. The van der Waals surface area contributed by atoms with E-state index in [1.807, 2.05) is 24.3 Å². The van der Waals surface area contributed by atoms with Crippen LogP contribution in [0.15, 0.2) is 59.2 Å². The summed E-state index contributed by atoms with van der Waals surface area (Å²) in [7, 11) is 0. The molecule has 0 N–H and O–H groups in total. The van der Waals surface area contributed by atoms with Crippen LogP contribution < -0.4 is 4.90 Å². The highest BCUT2D eigenvalue weighted by molar-refractivity contribution is 9.10. The van der Waals surface area contributed by atoms with Crippen molar-refractivity contribution in [2.45, 2.75) is 13.1 Å². The second kappa shape index (κ2) is 6.99. The van der Waals surface area contributed by atoms with Crippen LogP contribution in [0, 0.1) is 6.92 Å². The minimum Gasteiger partial charge on any atom is -0.268 e. The number of nitrogens with zero attached hydrogens (tertiary/aromatic N) is 4. The van der Waals surface area contributed by atoms with Gasteiger partial charge in [-0.2, -0.15) is 18.3 Å². The molecule has 0 radical (unpaired) electrons. The lowest BCUT2D eigenvalue weighted by molar-refractivity contribution is -0.137. The Kier molecular flexibility index (Phi) is 4.45. The van der Waals surface area contributed by atoms with Crippen molar-refractivity contribution in [2.24, 2.45) is 0 Å². The third-order valence-corrected chi connectivity index (χ3v) is 5.75. The first-order valence-electron chi connectivity index (χ1n) is 9.37. The standard InChI is InChI=1S/C22H12BrF3N4O2/c1-11-17-18-16(10-27-19(17)30(28-11)14-7-5-13(23)6-8-14)20(31)29(21(18)32)15-4-2-3-12(9-15)22(24,25)26/h2-10H,1H3. The molecular weight excluding hydrogens is 489 g/mol. The smallest absolute Gasteiger partial charge is 0.268 e. The number of aromatic nitrogens is 3. The third-order valence-electron chi connectivity index (χ3n) is 5.22. The van der Waals surface area contributed by atoms with Crippen LogP contribution in [-0.4, -0.2) is 26.6 Å². The van der Waals surface area contributed by atoms with E-state index in [2.05, 4.69) is 26.0 Å². The zero-order chi connectivity index (χ0) is 22.8. The molecule has 2 amide bonds. The molecular formula is C22H12BrF3N4O2. The van der Waals surface area contributed by atoms with Gasteiger partial charge >= 0.3 is 6.18 Å². The molecule has 160 valence electrons.